The minimum absolute atomic E-state index is 0.0145. The highest BCUT2D eigenvalue weighted by molar-refractivity contribution is 7.99. The molecule has 1 N–H and O–H groups in total. The maximum Gasteiger partial charge on any atom is 0.417 e. The summed E-state index contributed by atoms with van der Waals surface area (Å²) in [5, 5.41) is 0.183. The van der Waals surface area contributed by atoms with Crippen molar-refractivity contribution in [3.05, 3.63) is 53.2 Å². The van der Waals surface area contributed by atoms with Gasteiger partial charge in [0.05, 0.1) is 21.3 Å². The Morgan fingerprint density at radius 3 is 2.48 bits per heavy atom. The molecule has 146 valence electrons. The van der Waals surface area contributed by atoms with Crippen LogP contribution < -0.4 is 4.72 Å². The van der Waals surface area contributed by atoms with Crippen molar-refractivity contribution in [3.8, 4) is 0 Å². The van der Waals surface area contributed by atoms with E-state index in [1.54, 1.807) is 26.8 Å². The number of benzene rings is 1. The molecule has 0 aliphatic heterocycles. The van der Waals surface area contributed by atoms with Gasteiger partial charge in [-0.3, -0.25) is 4.79 Å². The van der Waals surface area contributed by atoms with Crippen LogP contribution in [0.2, 0.25) is 0 Å². The molecule has 0 saturated heterocycles. The first-order chi connectivity index (χ1) is 12.5. The summed E-state index contributed by atoms with van der Waals surface area (Å²) in [4.78, 5) is 15.1. The van der Waals surface area contributed by atoms with Gasteiger partial charge in [0.15, 0.2) is 6.29 Å². The van der Waals surface area contributed by atoms with Gasteiger partial charge in [-0.1, -0.05) is 23.9 Å². The number of nitrogens with one attached hydrogen (secondary N) is 1. The highest BCUT2D eigenvalue weighted by Gasteiger charge is 2.35. The first-order valence-electron chi connectivity index (χ1n) is 7.96. The Labute approximate surface area is 162 Å². The lowest BCUT2D eigenvalue weighted by Crippen LogP contribution is -2.33. The van der Waals surface area contributed by atoms with Gasteiger partial charge in [0.1, 0.15) is 5.03 Å². The Hall–Kier alpha value is -1.71. The van der Waals surface area contributed by atoms with Crippen molar-refractivity contribution in [2.24, 2.45) is 0 Å². The van der Waals surface area contributed by atoms with Crippen LogP contribution in [0, 0.1) is 0 Å². The second kappa shape index (κ2) is 8.53. The highest BCUT2D eigenvalue weighted by Crippen LogP contribution is 2.41. The van der Waals surface area contributed by atoms with Crippen LogP contribution in [0.3, 0.4) is 0 Å². The fraction of sp³-hybridized carbons (Fsp3) is 0.333. The van der Waals surface area contributed by atoms with E-state index in [0.717, 1.165) is 17.8 Å². The van der Waals surface area contributed by atoms with Crippen molar-refractivity contribution < 1.29 is 22.2 Å². The Morgan fingerprint density at radius 1 is 1.19 bits per heavy atom. The van der Waals surface area contributed by atoms with Crippen LogP contribution in [-0.4, -0.2) is 20.2 Å². The standard InChI is InChI=1S/C18H19F3N2O2S2/c1-17(2,3)27(25)23-10-12-6-4-8-14(18(19,20)21)15(12)26-16-13(11-24)7-5-9-22-16/h4-9,11,23H,10H2,1-3H3. The quantitative estimate of drug-likeness (QED) is 0.699. The smallest absolute Gasteiger partial charge is 0.298 e. The number of alkyl halides is 3. The molecule has 0 radical (unpaired) electrons. The normalized spacial score (nSPS) is 13.4. The zero-order valence-corrected chi connectivity index (χ0v) is 16.6. The number of rotatable bonds is 6. The van der Waals surface area contributed by atoms with Crippen molar-refractivity contribution in [1.82, 2.24) is 9.71 Å². The van der Waals surface area contributed by atoms with E-state index in [1.165, 1.54) is 24.4 Å². The van der Waals surface area contributed by atoms with Gasteiger partial charge < -0.3 is 0 Å². The summed E-state index contributed by atoms with van der Waals surface area (Å²) in [5.74, 6) is 0. The lowest BCUT2D eigenvalue weighted by molar-refractivity contribution is -0.139. The summed E-state index contributed by atoms with van der Waals surface area (Å²) in [5.41, 5.74) is -0.289. The molecule has 1 atom stereocenters. The summed E-state index contributed by atoms with van der Waals surface area (Å²) in [7, 11) is -1.44. The van der Waals surface area contributed by atoms with Crippen molar-refractivity contribution >= 4 is 29.0 Å². The molecule has 1 aromatic heterocycles. The van der Waals surface area contributed by atoms with Crippen LogP contribution in [0.5, 0.6) is 0 Å². The molecule has 0 bridgehead atoms. The van der Waals surface area contributed by atoms with Crippen molar-refractivity contribution in [2.75, 3.05) is 0 Å². The molecule has 1 aromatic carbocycles. The van der Waals surface area contributed by atoms with E-state index < -0.39 is 27.5 Å². The van der Waals surface area contributed by atoms with Gasteiger partial charge in [-0.2, -0.15) is 13.2 Å². The van der Waals surface area contributed by atoms with E-state index in [-0.39, 0.29) is 22.0 Å². The Kier molecular flexibility index (Phi) is 6.82. The molecular formula is C18H19F3N2O2S2. The number of carbonyl (C=O) groups is 1. The molecule has 0 fully saturated rings. The van der Waals surface area contributed by atoms with Crippen molar-refractivity contribution in [2.45, 2.75) is 48.2 Å². The first kappa shape index (κ1) is 21.6. The van der Waals surface area contributed by atoms with E-state index in [0.29, 0.717) is 11.8 Å². The number of nitrogens with zero attached hydrogens (tertiary/aromatic N) is 1. The third-order valence-electron chi connectivity index (χ3n) is 3.48. The van der Waals surface area contributed by atoms with Crippen LogP contribution in [0.1, 0.15) is 42.3 Å². The fourth-order valence-electron chi connectivity index (χ4n) is 2.10. The summed E-state index contributed by atoms with van der Waals surface area (Å²) < 4.78 is 55.0. The van der Waals surface area contributed by atoms with Gasteiger partial charge in [0.2, 0.25) is 0 Å². The van der Waals surface area contributed by atoms with Crippen LogP contribution in [0.25, 0.3) is 0 Å². The zero-order valence-electron chi connectivity index (χ0n) is 15.0. The van der Waals surface area contributed by atoms with Crippen molar-refractivity contribution in [3.63, 3.8) is 0 Å². The molecule has 1 heterocycles. The van der Waals surface area contributed by atoms with Crippen LogP contribution in [0.15, 0.2) is 46.5 Å². The molecule has 2 rings (SSSR count). The molecule has 0 saturated carbocycles. The largest absolute Gasteiger partial charge is 0.417 e. The molecule has 0 aliphatic rings. The SMILES string of the molecule is CC(C)(C)S(=O)NCc1cccc(C(F)(F)F)c1Sc1ncccc1C=O. The van der Waals surface area contributed by atoms with Crippen LogP contribution in [-0.2, 0) is 23.7 Å². The van der Waals surface area contributed by atoms with E-state index in [1.807, 2.05) is 0 Å². The van der Waals surface area contributed by atoms with Gasteiger partial charge in [0, 0.05) is 23.2 Å². The molecule has 0 spiro atoms. The second-order valence-corrected chi connectivity index (χ2v) is 9.66. The number of pyridine rings is 1. The molecule has 0 aliphatic carbocycles. The third kappa shape index (κ3) is 5.63. The predicted octanol–water partition coefficient (Wildman–Crippen LogP) is 4.62. The summed E-state index contributed by atoms with van der Waals surface area (Å²) in [6, 6.07) is 6.86. The predicted molar refractivity (Wildman–Crippen MR) is 99.9 cm³/mol. The topological polar surface area (TPSA) is 59.1 Å². The maximum atomic E-state index is 13.5. The number of hydrogen-bond donors (Lipinski definition) is 1. The Morgan fingerprint density at radius 2 is 1.89 bits per heavy atom. The molecule has 9 heteroatoms. The molecule has 0 amide bonds. The highest BCUT2D eigenvalue weighted by atomic mass is 32.2. The Balaban J connectivity index is 2.45. The van der Waals surface area contributed by atoms with E-state index >= 15 is 0 Å². The number of aromatic nitrogens is 1. The van der Waals surface area contributed by atoms with Crippen LogP contribution in [0.4, 0.5) is 13.2 Å². The van der Waals surface area contributed by atoms with Gasteiger partial charge >= 0.3 is 6.18 Å². The van der Waals surface area contributed by atoms with Gasteiger partial charge in [-0.05, 0) is 44.5 Å². The maximum absolute atomic E-state index is 13.5. The summed E-state index contributed by atoms with van der Waals surface area (Å²) in [6.45, 7) is 5.28. The number of halogens is 3. The average Bonchev–Trinajstić information content (AvgIpc) is 2.59. The van der Waals surface area contributed by atoms with Crippen molar-refractivity contribution in [1.29, 1.82) is 0 Å². The Bertz CT molecular complexity index is 849. The molecule has 27 heavy (non-hydrogen) atoms. The van der Waals surface area contributed by atoms with Gasteiger partial charge in [-0.15, -0.1) is 0 Å². The lowest BCUT2D eigenvalue weighted by atomic mass is 10.1. The summed E-state index contributed by atoms with van der Waals surface area (Å²) in [6.07, 6.45) is -2.60. The number of carbonyl (C=O) groups excluding carboxylic acids is 1. The minimum atomic E-state index is -4.57. The molecule has 1 unspecified atom stereocenters. The van der Waals surface area contributed by atoms with Gasteiger partial charge in [0.25, 0.3) is 0 Å². The summed E-state index contributed by atoms with van der Waals surface area (Å²) >= 11 is 0.777. The second-order valence-electron chi connectivity index (χ2n) is 6.61. The van der Waals surface area contributed by atoms with Crippen LogP contribution >= 0.6 is 11.8 Å². The monoisotopic (exact) mass is 416 g/mol. The third-order valence-corrected chi connectivity index (χ3v) is 6.22. The lowest BCUT2D eigenvalue weighted by Gasteiger charge is -2.20. The number of aldehydes is 1. The number of hydrogen-bond acceptors (Lipinski definition) is 4. The van der Waals surface area contributed by atoms with E-state index in [4.69, 9.17) is 0 Å². The zero-order chi connectivity index (χ0) is 20.2. The average molecular weight is 416 g/mol. The van der Waals surface area contributed by atoms with E-state index in [9.17, 15) is 22.2 Å². The molecule has 2 aromatic rings. The van der Waals surface area contributed by atoms with Gasteiger partial charge in [-0.25, -0.2) is 13.9 Å². The fourth-order valence-corrected chi connectivity index (χ4v) is 3.93. The first-order valence-corrected chi connectivity index (χ1v) is 9.93. The van der Waals surface area contributed by atoms with E-state index in [2.05, 4.69) is 9.71 Å². The minimum Gasteiger partial charge on any atom is -0.298 e. The molecule has 4 nitrogen and oxygen atoms in total. The molecular weight excluding hydrogens is 397 g/mol.